The van der Waals surface area contributed by atoms with E-state index in [4.69, 9.17) is 4.74 Å². The van der Waals surface area contributed by atoms with Gasteiger partial charge in [0.2, 0.25) is 5.88 Å². The van der Waals surface area contributed by atoms with E-state index < -0.39 is 0 Å². The van der Waals surface area contributed by atoms with E-state index in [1.807, 2.05) is 30.6 Å². The van der Waals surface area contributed by atoms with Crippen LogP contribution in [0.25, 0.3) is 21.3 Å². The first-order valence-electron chi connectivity index (χ1n) is 5.80. The Hall–Kier alpha value is -1.94. The van der Waals surface area contributed by atoms with Gasteiger partial charge in [-0.05, 0) is 36.8 Å². The summed E-state index contributed by atoms with van der Waals surface area (Å²) in [5, 5.41) is 0. The number of aromatic nitrogens is 2. The molecule has 0 fully saturated rings. The molecule has 0 saturated carbocycles. The van der Waals surface area contributed by atoms with Gasteiger partial charge in [0, 0.05) is 11.8 Å². The highest BCUT2D eigenvalue weighted by atomic mass is 32.1. The summed E-state index contributed by atoms with van der Waals surface area (Å²) in [4.78, 5) is 8.56. The Morgan fingerprint density at radius 3 is 3.06 bits per heavy atom. The molecule has 18 heavy (non-hydrogen) atoms. The van der Waals surface area contributed by atoms with Crippen LogP contribution in [0.1, 0.15) is 6.92 Å². The molecule has 4 heteroatoms. The summed E-state index contributed by atoms with van der Waals surface area (Å²) in [5.41, 5.74) is 5.03. The molecule has 3 rings (SSSR count). The maximum absolute atomic E-state index is 5.56. The van der Waals surface area contributed by atoms with Crippen LogP contribution in [0, 0.1) is 0 Å². The topological polar surface area (TPSA) is 35.0 Å². The standard InChI is InChI=1S/C14H12N2OS/c1-2-17-14-11(4-3-7-15-14)10-5-6-12-13(8-10)18-9-16-12/h3-9H,2H2,1H3. The van der Waals surface area contributed by atoms with Crippen molar-refractivity contribution in [3.63, 3.8) is 0 Å². The molecule has 1 aromatic carbocycles. The largest absolute Gasteiger partial charge is 0.478 e. The highest BCUT2D eigenvalue weighted by Crippen LogP contribution is 2.31. The number of hydrogen-bond donors (Lipinski definition) is 0. The molecular weight excluding hydrogens is 244 g/mol. The molecule has 0 aliphatic carbocycles. The molecule has 0 spiro atoms. The Morgan fingerprint density at radius 2 is 2.17 bits per heavy atom. The number of nitrogens with zero attached hydrogens (tertiary/aromatic N) is 2. The maximum Gasteiger partial charge on any atom is 0.221 e. The zero-order valence-electron chi connectivity index (χ0n) is 9.96. The fraction of sp³-hybridized carbons (Fsp3) is 0.143. The molecule has 0 radical (unpaired) electrons. The first kappa shape index (κ1) is 11.2. The summed E-state index contributed by atoms with van der Waals surface area (Å²) in [5.74, 6) is 0.684. The van der Waals surface area contributed by atoms with Gasteiger partial charge in [0.1, 0.15) is 0 Å². The van der Waals surface area contributed by atoms with Crippen LogP contribution in [0.15, 0.2) is 42.0 Å². The van der Waals surface area contributed by atoms with Crippen molar-refractivity contribution in [1.29, 1.82) is 0 Å². The van der Waals surface area contributed by atoms with Gasteiger partial charge in [-0.25, -0.2) is 9.97 Å². The Bertz CT molecular complexity index is 678. The monoisotopic (exact) mass is 256 g/mol. The Labute approximate surface area is 109 Å². The van der Waals surface area contributed by atoms with E-state index in [1.54, 1.807) is 17.5 Å². The van der Waals surface area contributed by atoms with Crippen molar-refractivity contribution >= 4 is 21.6 Å². The van der Waals surface area contributed by atoms with Crippen molar-refractivity contribution < 1.29 is 4.74 Å². The molecule has 2 heterocycles. The van der Waals surface area contributed by atoms with Gasteiger partial charge in [0.05, 0.1) is 22.3 Å². The number of ether oxygens (including phenoxy) is 1. The normalized spacial score (nSPS) is 10.7. The number of pyridine rings is 1. The summed E-state index contributed by atoms with van der Waals surface area (Å²) < 4.78 is 6.74. The summed E-state index contributed by atoms with van der Waals surface area (Å²) >= 11 is 1.64. The van der Waals surface area contributed by atoms with Gasteiger partial charge in [-0.1, -0.05) is 6.07 Å². The lowest BCUT2D eigenvalue weighted by atomic mass is 10.1. The minimum atomic E-state index is 0.618. The zero-order chi connectivity index (χ0) is 12.4. The molecule has 0 amide bonds. The van der Waals surface area contributed by atoms with Crippen LogP contribution in [-0.2, 0) is 0 Å². The van der Waals surface area contributed by atoms with Crippen molar-refractivity contribution in [2.75, 3.05) is 6.61 Å². The van der Waals surface area contributed by atoms with Crippen LogP contribution in [0.4, 0.5) is 0 Å². The van der Waals surface area contributed by atoms with Crippen molar-refractivity contribution in [1.82, 2.24) is 9.97 Å². The van der Waals surface area contributed by atoms with Gasteiger partial charge in [0.15, 0.2) is 0 Å². The van der Waals surface area contributed by atoms with Crippen LogP contribution >= 0.6 is 11.3 Å². The third kappa shape index (κ3) is 1.95. The number of thiazole rings is 1. The third-order valence-electron chi connectivity index (χ3n) is 2.69. The van der Waals surface area contributed by atoms with Crippen LogP contribution in [0.3, 0.4) is 0 Å². The van der Waals surface area contributed by atoms with Gasteiger partial charge in [0.25, 0.3) is 0 Å². The predicted octanol–water partition coefficient (Wildman–Crippen LogP) is 3.76. The third-order valence-corrected chi connectivity index (χ3v) is 3.49. The molecule has 0 atom stereocenters. The fourth-order valence-corrected chi connectivity index (χ4v) is 2.60. The van der Waals surface area contributed by atoms with Crippen LogP contribution in [-0.4, -0.2) is 16.6 Å². The molecule has 0 aliphatic heterocycles. The lowest BCUT2D eigenvalue weighted by molar-refractivity contribution is 0.328. The van der Waals surface area contributed by atoms with E-state index in [-0.39, 0.29) is 0 Å². The second-order valence-corrected chi connectivity index (χ2v) is 4.71. The van der Waals surface area contributed by atoms with Crippen molar-refractivity contribution in [3.8, 4) is 17.0 Å². The Balaban J connectivity index is 2.12. The Kier molecular flexibility index (Phi) is 2.94. The number of hydrogen-bond acceptors (Lipinski definition) is 4. The van der Waals surface area contributed by atoms with Crippen LogP contribution in [0.2, 0.25) is 0 Å². The average Bonchev–Trinajstić information content (AvgIpc) is 2.87. The minimum Gasteiger partial charge on any atom is -0.478 e. The van der Waals surface area contributed by atoms with Gasteiger partial charge < -0.3 is 4.74 Å². The fourth-order valence-electron chi connectivity index (χ4n) is 1.88. The first-order valence-corrected chi connectivity index (χ1v) is 6.68. The lowest BCUT2D eigenvalue weighted by Crippen LogP contribution is -1.96. The van der Waals surface area contributed by atoms with Crippen molar-refractivity contribution in [3.05, 3.63) is 42.0 Å². The summed E-state index contributed by atoms with van der Waals surface area (Å²) in [7, 11) is 0. The van der Waals surface area contributed by atoms with Gasteiger partial charge in [-0.2, -0.15) is 0 Å². The highest BCUT2D eigenvalue weighted by molar-refractivity contribution is 7.16. The number of benzene rings is 1. The molecule has 0 bridgehead atoms. The predicted molar refractivity (Wildman–Crippen MR) is 74.0 cm³/mol. The average molecular weight is 256 g/mol. The molecule has 3 aromatic rings. The van der Waals surface area contributed by atoms with Crippen molar-refractivity contribution in [2.45, 2.75) is 6.92 Å². The SMILES string of the molecule is CCOc1ncccc1-c1ccc2ncsc2c1. The highest BCUT2D eigenvalue weighted by Gasteiger charge is 2.08. The summed E-state index contributed by atoms with van der Waals surface area (Å²) in [6, 6.07) is 10.2. The first-order chi connectivity index (χ1) is 8.88. The van der Waals surface area contributed by atoms with E-state index in [2.05, 4.69) is 22.1 Å². The quantitative estimate of drug-likeness (QED) is 0.715. The molecule has 0 N–H and O–H groups in total. The van der Waals surface area contributed by atoms with E-state index in [1.165, 1.54) is 4.70 Å². The second kappa shape index (κ2) is 4.74. The van der Waals surface area contributed by atoms with Gasteiger partial charge in [-0.15, -0.1) is 11.3 Å². The van der Waals surface area contributed by atoms with Crippen LogP contribution < -0.4 is 4.74 Å². The minimum absolute atomic E-state index is 0.618. The second-order valence-electron chi connectivity index (χ2n) is 3.82. The van der Waals surface area contributed by atoms with E-state index in [0.717, 1.165) is 16.6 Å². The smallest absolute Gasteiger partial charge is 0.221 e. The molecule has 90 valence electrons. The maximum atomic E-state index is 5.56. The molecular formula is C14H12N2OS. The summed E-state index contributed by atoms with van der Waals surface area (Å²) in [6.07, 6.45) is 1.75. The van der Waals surface area contributed by atoms with E-state index in [9.17, 15) is 0 Å². The molecule has 2 aromatic heterocycles. The van der Waals surface area contributed by atoms with Gasteiger partial charge in [-0.3, -0.25) is 0 Å². The lowest BCUT2D eigenvalue weighted by Gasteiger charge is -2.08. The van der Waals surface area contributed by atoms with Crippen LogP contribution in [0.5, 0.6) is 5.88 Å². The van der Waals surface area contributed by atoms with E-state index >= 15 is 0 Å². The molecule has 0 saturated heterocycles. The molecule has 0 aliphatic rings. The Morgan fingerprint density at radius 1 is 1.22 bits per heavy atom. The molecule has 3 nitrogen and oxygen atoms in total. The number of fused-ring (bicyclic) bond motifs is 1. The van der Waals surface area contributed by atoms with Gasteiger partial charge >= 0.3 is 0 Å². The van der Waals surface area contributed by atoms with E-state index in [0.29, 0.717) is 12.5 Å². The molecule has 0 unspecified atom stereocenters. The van der Waals surface area contributed by atoms with Crippen molar-refractivity contribution in [2.24, 2.45) is 0 Å². The zero-order valence-corrected chi connectivity index (χ0v) is 10.8. The summed E-state index contributed by atoms with van der Waals surface area (Å²) in [6.45, 7) is 2.58. The number of rotatable bonds is 3.